The van der Waals surface area contributed by atoms with Crippen molar-refractivity contribution in [3.8, 4) is 0 Å². The molecular weight excluding hydrogens is 232 g/mol. The van der Waals surface area contributed by atoms with E-state index in [1.54, 1.807) is 0 Å². The van der Waals surface area contributed by atoms with E-state index < -0.39 is 0 Å². The van der Waals surface area contributed by atoms with Crippen LogP contribution >= 0.6 is 0 Å². The van der Waals surface area contributed by atoms with E-state index in [1.165, 1.54) is 0 Å². The Morgan fingerprint density at radius 3 is 2.72 bits per heavy atom. The molecule has 3 aliphatic rings. The third-order valence-corrected chi connectivity index (χ3v) is 4.68. The molecule has 102 valence electrons. The first-order valence-corrected chi connectivity index (χ1v) is 6.82. The van der Waals surface area contributed by atoms with Gasteiger partial charge in [0.15, 0.2) is 0 Å². The van der Waals surface area contributed by atoms with Crippen LogP contribution in [0.5, 0.6) is 0 Å². The van der Waals surface area contributed by atoms with Gasteiger partial charge in [-0.3, -0.25) is 4.79 Å². The Morgan fingerprint density at radius 2 is 2.06 bits per heavy atom. The van der Waals surface area contributed by atoms with Gasteiger partial charge in [-0.2, -0.15) is 0 Å². The zero-order valence-electron chi connectivity index (χ0n) is 11.6. The van der Waals surface area contributed by atoms with Gasteiger partial charge in [0.25, 0.3) is 0 Å². The van der Waals surface area contributed by atoms with E-state index in [0.717, 1.165) is 19.3 Å². The van der Waals surface area contributed by atoms with Crippen LogP contribution in [0, 0.1) is 5.41 Å². The molecule has 2 heterocycles. The molecule has 4 nitrogen and oxygen atoms in total. The third kappa shape index (κ3) is 1.62. The normalized spacial score (nSPS) is 47.0. The number of rotatable bonds is 1. The summed E-state index contributed by atoms with van der Waals surface area (Å²) in [6.45, 7) is 8.42. The molecule has 1 aliphatic carbocycles. The maximum absolute atomic E-state index is 11.5. The van der Waals surface area contributed by atoms with E-state index in [0.29, 0.717) is 6.42 Å². The lowest BCUT2D eigenvalue weighted by Crippen LogP contribution is -2.43. The van der Waals surface area contributed by atoms with Crippen molar-refractivity contribution in [2.24, 2.45) is 5.41 Å². The van der Waals surface area contributed by atoms with Gasteiger partial charge in [-0.1, -0.05) is 6.92 Å². The van der Waals surface area contributed by atoms with E-state index in [2.05, 4.69) is 27.7 Å². The minimum atomic E-state index is -0.328. The first kappa shape index (κ1) is 12.4. The van der Waals surface area contributed by atoms with Gasteiger partial charge < -0.3 is 14.2 Å². The van der Waals surface area contributed by atoms with Crippen LogP contribution in [-0.2, 0) is 19.0 Å². The minimum absolute atomic E-state index is 0.100. The molecule has 4 heteroatoms. The summed E-state index contributed by atoms with van der Waals surface area (Å²) < 4.78 is 17.3. The molecule has 18 heavy (non-hydrogen) atoms. The van der Waals surface area contributed by atoms with Crippen LogP contribution < -0.4 is 0 Å². The monoisotopic (exact) mass is 254 g/mol. The highest BCUT2D eigenvalue weighted by molar-refractivity contribution is 5.70. The molecule has 0 unspecified atom stereocenters. The molecule has 0 radical (unpaired) electrons. The topological polar surface area (TPSA) is 48.1 Å². The Hall–Kier alpha value is -0.610. The van der Waals surface area contributed by atoms with Gasteiger partial charge >= 0.3 is 5.97 Å². The predicted octanol–water partition coefficient (Wildman–Crippen LogP) is 2.40. The predicted molar refractivity (Wildman–Crippen MR) is 64.9 cm³/mol. The first-order chi connectivity index (χ1) is 8.27. The van der Waals surface area contributed by atoms with Gasteiger partial charge in [-0.15, -0.1) is 0 Å². The van der Waals surface area contributed by atoms with E-state index in [1.807, 2.05) is 0 Å². The van der Waals surface area contributed by atoms with E-state index in [-0.39, 0.29) is 35.0 Å². The maximum atomic E-state index is 11.5. The summed E-state index contributed by atoms with van der Waals surface area (Å²) in [5.41, 5.74) is -0.535. The van der Waals surface area contributed by atoms with Crippen molar-refractivity contribution in [2.45, 2.75) is 77.0 Å². The summed E-state index contributed by atoms with van der Waals surface area (Å²) in [5, 5.41) is 0. The second kappa shape index (κ2) is 3.48. The molecular formula is C14H22O4. The maximum Gasteiger partial charge on any atom is 0.308 e. The summed E-state index contributed by atoms with van der Waals surface area (Å²) in [6.07, 6.45) is 3.01. The van der Waals surface area contributed by atoms with Crippen molar-refractivity contribution in [3.05, 3.63) is 0 Å². The molecule has 0 aromatic carbocycles. The lowest BCUT2D eigenvalue weighted by Gasteiger charge is -2.37. The highest BCUT2D eigenvalue weighted by Crippen LogP contribution is 2.65. The third-order valence-electron chi connectivity index (χ3n) is 4.68. The number of epoxide rings is 1. The molecule has 2 aliphatic heterocycles. The highest BCUT2D eigenvalue weighted by atomic mass is 16.8. The molecule has 2 saturated heterocycles. The van der Waals surface area contributed by atoms with Crippen LogP contribution in [0.1, 0.15) is 53.4 Å². The lowest BCUT2D eigenvalue weighted by atomic mass is 9.74. The molecule has 0 N–H and O–H groups in total. The van der Waals surface area contributed by atoms with Crippen LogP contribution in [-0.4, -0.2) is 29.6 Å². The largest absolute Gasteiger partial charge is 0.432 e. The number of hydrogen-bond acceptors (Lipinski definition) is 4. The molecule has 1 saturated carbocycles. The number of carbonyl (C=O) groups is 1. The number of esters is 1. The fraction of sp³-hybridized carbons (Fsp3) is 0.929. The van der Waals surface area contributed by atoms with Gasteiger partial charge in [-0.05, 0) is 40.0 Å². The summed E-state index contributed by atoms with van der Waals surface area (Å²) in [7, 11) is 0. The summed E-state index contributed by atoms with van der Waals surface area (Å²) in [6, 6.07) is 0. The van der Waals surface area contributed by atoms with Crippen LogP contribution in [0.4, 0.5) is 0 Å². The van der Waals surface area contributed by atoms with Crippen molar-refractivity contribution < 1.29 is 19.0 Å². The smallest absolute Gasteiger partial charge is 0.308 e. The Kier molecular flexibility index (Phi) is 2.40. The Balaban J connectivity index is 1.86. The standard InChI is InChI=1S/C14H22O4/c1-12(2,3)17-9-5-8-14-11(18-14)16-10(15)6-7-13(9,14)4/h9,11H,5-8H2,1-4H3/t9-,11-,13+,14+/m0/s1. The SMILES string of the molecule is CC(C)(C)O[C@H]1CC[C@@]23O[C@@H]2OC(=O)CC[C@]13C. The second-order valence-electron chi connectivity index (χ2n) is 7.00. The van der Waals surface area contributed by atoms with Gasteiger partial charge in [0.05, 0.1) is 11.7 Å². The summed E-state index contributed by atoms with van der Waals surface area (Å²) in [5.74, 6) is -0.137. The second-order valence-corrected chi connectivity index (χ2v) is 7.00. The molecule has 3 rings (SSSR count). The van der Waals surface area contributed by atoms with Crippen LogP contribution in [0.15, 0.2) is 0 Å². The van der Waals surface area contributed by atoms with Crippen LogP contribution in [0.3, 0.4) is 0 Å². The zero-order valence-corrected chi connectivity index (χ0v) is 11.6. The lowest BCUT2D eigenvalue weighted by molar-refractivity contribution is -0.149. The highest BCUT2D eigenvalue weighted by Gasteiger charge is 2.75. The number of carbonyl (C=O) groups excluding carboxylic acids is 1. The molecule has 0 bridgehead atoms. The first-order valence-electron chi connectivity index (χ1n) is 6.82. The van der Waals surface area contributed by atoms with Gasteiger partial charge in [-0.25, -0.2) is 0 Å². The van der Waals surface area contributed by atoms with Gasteiger partial charge in [0.1, 0.15) is 5.60 Å². The molecule has 4 atom stereocenters. The van der Waals surface area contributed by atoms with Crippen LogP contribution in [0.25, 0.3) is 0 Å². The van der Waals surface area contributed by atoms with Crippen molar-refractivity contribution in [3.63, 3.8) is 0 Å². The Labute approximate surface area is 108 Å². The van der Waals surface area contributed by atoms with Gasteiger partial charge in [0, 0.05) is 11.8 Å². The van der Waals surface area contributed by atoms with Crippen molar-refractivity contribution >= 4 is 5.97 Å². The van der Waals surface area contributed by atoms with E-state index >= 15 is 0 Å². The molecule has 0 amide bonds. The number of hydrogen-bond donors (Lipinski definition) is 0. The van der Waals surface area contributed by atoms with Crippen molar-refractivity contribution in [1.82, 2.24) is 0 Å². The molecule has 3 fully saturated rings. The van der Waals surface area contributed by atoms with Gasteiger partial charge in [0.2, 0.25) is 6.29 Å². The molecule has 0 aromatic heterocycles. The fourth-order valence-corrected chi connectivity index (χ4v) is 3.61. The quantitative estimate of drug-likeness (QED) is 0.532. The average Bonchev–Trinajstić information content (AvgIpc) is 2.88. The zero-order chi connectivity index (χ0) is 13.2. The minimum Gasteiger partial charge on any atom is -0.432 e. The fourth-order valence-electron chi connectivity index (χ4n) is 3.61. The Bertz CT molecular complexity index is 386. The molecule has 1 spiro atoms. The summed E-state index contributed by atoms with van der Waals surface area (Å²) in [4.78, 5) is 11.5. The number of ether oxygens (including phenoxy) is 3. The van der Waals surface area contributed by atoms with Crippen molar-refractivity contribution in [2.75, 3.05) is 0 Å². The average molecular weight is 254 g/mol. The van der Waals surface area contributed by atoms with Crippen molar-refractivity contribution in [1.29, 1.82) is 0 Å². The van der Waals surface area contributed by atoms with Crippen LogP contribution in [0.2, 0.25) is 0 Å². The summed E-state index contributed by atoms with van der Waals surface area (Å²) >= 11 is 0. The van der Waals surface area contributed by atoms with E-state index in [9.17, 15) is 4.79 Å². The van der Waals surface area contributed by atoms with E-state index in [4.69, 9.17) is 14.2 Å². The molecule has 0 aromatic rings. The Morgan fingerprint density at radius 1 is 1.33 bits per heavy atom.